The summed E-state index contributed by atoms with van der Waals surface area (Å²) in [7, 11) is 2.13. The maximum Gasteiger partial charge on any atom is 0.0931 e. The van der Waals surface area contributed by atoms with Crippen LogP contribution in [0.5, 0.6) is 0 Å². The molecule has 3 atom stereocenters. The van der Waals surface area contributed by atoms with Crippen molar-refractivity contribution in [3.05, 3.63) is 11.6 Å². The summed E-state index contributed by atoms with van der Waals surface area (Å²) in [5.41, 5.74) is 1.70. The molecule has 0 N–H and O–H groups in total. The van der Waals surface area contributed by atoms with E-state index in [1.807, 2.05) is 6.34 Å². The first-order chi connectivity index (χ1) is 10.5. The molecule has 0 amide bonds. The van der Waals surface area contributed by atoms with E-state index >= 15 is 0 Å². The van der Waals surface area contributed by atoms with Crippen molar-refractivity contribution in [2.75, 3.05) is 20.1 Å². The number of nitrogens with zero attached hydrogens (tertiary/aromatic N) is 2. The molecule has 3 unspecified atom stereocenters. The van der Waals surface area contributed by atoms with Gasteiger partial charge >= 0.3 is 0 Å². The number of ether oxygens (including phenoxy) is 1. The molecule has 3 heteroatoms. The third-order valence-electron chi connectivity index (χ3n) is 6.15. The summed E-state index contributed by atoms with van der Waals surface area (Å²) in [5, 5.41) is 0. The van der Waals surface area contributed by atoms with Gasteiger partial charge in [0.05, 0.1) is 17.5 Å². The lowest BCUT2D eigenvalue weighted by molar-refractivity contribution is -0.0978. The van der Waals surface area contributed by atoms with Crippen molar-refractivity contribution in [1.82, 2.24) is 4.90 Å². The standard InChI is InChI=1S/C19H32N2O/c1-5-20-14-21(4)12-11-16-8-6-7-15-9-10-17-13-19(15,16)22-18(17,2)3/h8,14-15,17H,5-7,9-13H2,1-4H3. The highest BCUT2D eigenvalue weighted by Crippen LogP contribution is 2.59. The SMILES string of the molecule is CCN=CN(C)CCC1=CCCC2CCC3CC12OC3(C)C. The summed E-state index contributed by atoms with van der Waals surface area (Å²) >= 11 is 0. The Bertz CT molecular complexity index is 468. The predicted molar refractivity (Wildman–Crippen MR) is 92.3 cm³/mol. The molecule has 1 spiro atoms. The maximum atomic E-state index is 6.77. The Labute approximate surface area is 135 Å². The van der Waals surface area contributed by atoms with E-state index in [4.69, 9.17) is 4.74 Å². The molecule has 0 radical (unpaired) electrons. The van der Waals surface area contributed by atoms with Crippen LogP contribution in [0.25, 0.3) is 0 Å². The van der Waals surface area contributed by atoms with Gasteiger partial charge in [0.2, 0.25) is 0 Å². The number of aliphatic imine (C=N–C) groups is 1. The first kappa shape index (κ1) is 16.0. The van der Waals surface area contributed by atoms with Crippen LogP contribution in [0.1, 0.15) is 59.3 Å². The summed E-state index contributed by atoms with van der Waals surface area (Å²) in [6.45, 7) is 8.59. The Morgan fingerprint density at radius 3 is 2.86 bits per heavy atom. The van der Waals surface area contributed by atoms with Crippen molar-refractivity contribution in [1.29, 1.82) is 0 Å². The molecule has 3 rings (SSSR count). The van der Waals surface area contributed by atoms with Gasteiger partial charge in [-0.05, 0) is 76.7 Å². The van der Waals surface area contributed by atoms with Gasteiger partial charge in [-0.2, -0.15) is 0 Å². The summed E-state index contributed by atoms with van der Waals surface area (Å²) in [5.74, 6) is 1.49. The Kier molecular flexibility index (Phi) is 4.37. The molecule has 124 valence electrons. The zero-order chi connectivity index (χ0) is 15.8. The Hall–Kier alpha value is -0.830. The molecule has 2 aliphatic carbocycles. The van der Waals surface area contributed by atoms with Crippen molar-refractivity contribution in [3.8, 4) is 0 Å². The van der Waals surface area contributed by atoms with Gasteiger partial charge in [0.25, 0.3) is 0 Å². The largest absolute Gasteiger partial charge is 0.366 e. The van der Waals surface area contributed by atoms with E-state index in [2.05, 4.69) is 43.8 Å². The Morgan fingerprint density at radius 2 is 2.09 bits per heavy atom. The minimum atomic E-state index is 0.0563. The van der Waals surface area contributed by atoms with Crippen molar-refractivity contribution in [2.24, 2.45) is 16.8 Å². The van der Waals surface area contributed by atoms with Gasteiger partial charge in [-0.3, -0.25) is 4.99 Å². The van der Waals surface area contributed by atoms with E-state index in [0.717, 1.165) is 31.3 Å². The maximum absolute atomic E-state index is 6.77. The highest BCUT2D eigenvalue weighted by molar-refractivity contribution is 5.54. The molecular weight excluding hydrogens is 272 g/mol. The fraction of sp³-hybridized carbons (Fsp3) is 0.842. The molecule has 1 saturated heterocycles. The third-order valence-corrected chi connectivity index (χ3v) is 6.15. The lowest BCUT2D eigenvalue weighted by atomic mass is 9.63. The van der Waals surface area contributed by atoms with Crippen molar-refractivity contribution in [2.45, 2.75) is 70.5 Å². The molecule has 1 saturated carbocycles. The second-order valence-electron chi connectivity index (χ2n) is 7.92. The van der Waals surface area contributed by atoms with E-state index in [9.17, 15) is 0 Å². The first-order valence-electron chi connectivity index (χ1n) is 9.08. The van der Waals surface area contributed by atoms with Crippen LogP contribution in [0, 0.1) is 11.8 Å². The molecule has 3 aliphatic rings. The first-order valence-corrected chi connectivity index (χ1v) is 9.08. The van der Waals surface area contributed by atoms with Gasteiger partial charge < -0.3 is 9.64 Å². The van der Waals surface area contributed by atoms with E-state index in [-0.39, 0.29) is 11.2 Å². The predicted octanol–water partition coefficient (Wildman–Crippen LogP) is 4.04. The summed E-state index contributed by atoms with van der Waals surface area (Å²) < 4.78 is 6.77. The zero-order valence-corrected chi connectivity index (χ0v) is 14.8. The van der Waals surface area contributed by atoms with Gasteiger partial charge in [-0.1, -0.05) is 6.08 Å². The van der Waals surface area contributed by atoms with Crippen LogP contribution >= 0.6 is 0 Å². The fourth-order valence-corrected chi connectivity index (χ4v) is 4.90. The number of hydrogen-bond acceptors (Lipinski definition) is 2. The summed E-state index contributed by atoms with van der Waals surface area (Å²) in [4.78, 5) is 6.55. The summed E-state index contributed by atoms with van der Waals surface area (Å²) in [6, 6.07) is 0. The van der Waals surface area contributed by atoms with Crippen LogP contribution in [0.2, 0.25) is 0 Å². The van der Waals surface area contributed by atoms with Gasteiger partial charge in [0.1, 0.15) is 0 Å². The van der Waals surface area contributed by atoms with Crippen LogP contribution in [0.15, 0.2) is 16.6 Å². The minimum absolute atomic E-state index is 0.0563. The highest BCUT2D eigenvalue weighted by Gasteiger charge is 2.59. The fourth-order valence-electron chi connectivity index (χ4n) is 4.90. The topological polar surface area (TPSA) is 24.8 Å². The van der Waals surface area contributed by atoms with Crippen molar-refractivity contribution in [3.63, 3.8) is 0 Å². The Morgan fingerprint density at radius 1 is 1.32 bits per heavy atom. The normalized spacial score (nSPS) is 36.3. The smallest absolute Gasteiger partial charge is 0.0931 e. The quantitative estimate of drug-likeness (QED) is 0.435. The average molecular weight is 304 g/mol. The molecular formula is C19H32N2O. The number of hydrogen-bond donors (Lipinski definition) is 0. The third kappa shape index (κ3) is 2.73. The molecule has 1 heterocycles. The lowest BCUT2D eigenvalue weighted by Crippen LogP contribution is -2.44. The van der Waals surface area contributed by atoms with Crippen LogP contribution < -0.4 is 0 Å². The van der Waals surface area contributed by atoms with Crippen molar-refractivity contribution >= 4 is 6.34 Å². The van der Waals surface area contributed by atoms with Gasteiger partial charge in [0.15, 0.2) is 0 Å². The lowest BCUT2D eigenvalue weighted by Gasteiger charge is -2.45. The second kappa shape index (κ2) is 5.99. The highest BCUT2D eigenvalue weighted by atomic mass is 16.5. The van der Waals surface area contributed by atoms with Crippen LogP contribution in [0.4, 0.5) is 0 Å². The van der Waals surface area contributed by atoms with Crippen LogP contribution in [-0.4, -0.2) is 42.6 Å². The molecule has 0 aromatic heterocycles. The minimum Gasteiger partial charge on any atom is -0.366 e. The number of fused-ring (bicyclic) bond motifs is 1. The molecule has 1 aliphatic heterocycles. The van der Waals surface area contributed by atoms with Crippen LogP contribution in [-0.2, 0) is 4.74 Å². The van der Waals surface area contributed by atoms with E-state index in [1.165, 1.54) is 32.1 Å². The number of allylic oxidation sites excluding steroid dienone is 1. The molecule has 0 aromatic carbocycles. The molecule has 3 nitrogen and oxygen atoms in total. The van der Waals surface area contributed by atoms with E-state index in [1.54, 1.807) is 5.57 Å². The van der Waals surface area contributed by atoms with Crippen molar-refractivity contribution < 1.29 is 4.74 Å². The van der Waals surface area contributed by atoms with Gasteiger partial charge in [-0.25, -0.2) is 0 Å². The molecule has 22 heavy (non-hydrogen) atoms. The van der Waals surface area contributed by atoms with Crippen LogP contribution in [0.3, 0.4) is 0 Å². The van der Waals surface area contributed by atoms with E-state index < -0.39 is 0 Å². The van der Waals surface area contributed by atoms with Gasteiger partial charge in [0, 0.05) is 20.1 Å². The Balaban J connectivity index is 1.74. The average Bonchev–Trinajstić information content (AvgIpc) is 2.69. The summed E-state index contributed by atoms with van der Waals surface area (Å²) in [6.07, 6.45) is 12.1. The number of rotatable bonds is 5. The van der Waals surface area contributed by atoms with Gasteiger partial charge in [-0.15, -0.1) is 0 Å². The molecule has 2 bridgehead atoms. The molecule has 2 fully saturated rings. The monoisotopic (exact) mass is 304 g/mol. The second-order valence-corrected chi connectivity index (χ2v) is 7.92. The zero-order valence-electron chi connectivity index (χ0n) is 14.8. The molecule has 0 aromatic rings. The van der Waals surface area contributed by atoms with E-state index in [0.29, 0.717) is 0 Å².